The molecule has 0 bridgehead atoms. The van der Waals surface area contributed by atoms with Crippen LogP contribution >= 0.6 is 0 Å². The van der Waals surface area contributed by atoms with E-state index in [1.54, 1.807) is 38.1 Å². The highest BCUT2D eigenvalue weighted by Crippen LogP contribution is 2.25. The van der Waals surface area contributed by atoms with Crippen LogP contribution in [-0.2, 0) is 21.2 Å². The second-order valence-electron chi connectivity index (χ2n) is 10.1. The summed E-state index contributed by atoms with van der Waals surface area (Å²) in [6.45, 7) is 10.0. The topological polar surface area (TPSA) is 125 Å². The maximum atomic E-state index is 13.1. The number of hydrogen-bond acceptors (Lipinski definition) is 4. The largest absolute Gasteiger partial charge is 0.480 e. The van der Waals surface area contributed by atoms with Gasteiger partial charge in [-0.25, -0.2) is 13.2 Å². The van der Waals surface area contributed by atoms with Gasteiger partial charge in [0.25, 0.3) is 0 Å². The summed E-state index contributed by atoms with van der Waals surface area (Å²) in [5.74, 6) is -0.858. The molecular formula is C30H37N3O5S. The second kappa shape index (κ2) is 12.9. The average Bonchev–Trinajstić information content (AvgIpc) is 2.86. The Morgan fingerprint density at radius 2 is 1.56 bits per heavy atom. The Labute approximate surface area is 230 Å². The average molecular weight is 552 g/mol. The van der Waals surface area contributed by atoms with Gasteiger partial charge in [-0.3, -0.25) is 4.79 Å². The first-order chi connectivity index (χ1) is 18.4. The van der Waals surface area contributed by atoms with E-state index in [0.29, 0.717) is 34.8 Å². The van der Waals surface area contributed by atoms with E-state index in [9.17, 15) is 23.1 Å². The Kier molecular flexibility index (Phi) is 9.88. The number of aryl methyl sites for hydroxylation is 3. The van der Waals surface area contributed by atoms with Gasteiger partial charge in [-0.05, 0) is 73.1 Å². The molecule has 2 amide bonds. The Bertz CT molecular complexity index is 1410. The number of anilines is 1. The van der Waals surface area contributed by atoms with Crippen molar-refractivity contribution in [1.82, 2.24) is 10.0 Å². The highest BCUT2D eigenvalue weighted by molar-refractivity contribution is 7.89. The number of sulfonamides is 1. The number of carbonyl (C=O) groups excluding carboxylic acids is 1. The number of benzene rings is 3. The van der Waals surface area contributed by atoms with Crippen molar-refractivity contribution in [2.45, 2.75) is 58.4 Å². The molecule has 0 fully saturated rings. The number of hydrogen-bond donors (Lipinski definition) is 4. The molecule has 39 heavy (non-hydrogen) atoms. The summed E-state index contributed by atoms with van der Waals surface area (Å²) in [5, 5.41) is 15.5. The molecule has 3 aromatic rings. The van der Waals surface area contributed by atoms with Crippen molar-refractivity contribution < 1.29 is 23.1 Å². The third-order valence-electron chi connectivity index (χ3n) is 6.62. The second-order valence-corrected chi connectivity index (χ2v) is 11.7. The molecule has 0 aliphatic carbocycles. The highest BCUT2D eigenvalue weighted by atomic mass is 32.2. The minimum Gasteiger partial charge on any atom is -0.480 e. The van der Waals surface area contributed by atoms with Crippen LogP contribution in [0.5, 0.6) is 0 Å². The number of carbonyl (C=O) groups is 2. The minimum atomic E-state index is -4.05. The van der Waals surface area contributed by atoms with Gasteiger partial charge < -0.3 is 15.7 Å². The monoisotopic (exact) mass is 551 g/mol. The molecule has 3 rings (SSSR count). The summed E-state index contributed by atoms with van der Waals surface area (Å²) < 4.78 is 28.6. The lowest BCUT2D eigenvalue weighted by atomic mass is 10.0. The number of carboxylic acid groups (broad SMARTS) is 1. The number of rotatable bonds is 11. The molecule has 0 saturated heterocycles. The van der Waals surface area contributed by atoms with Crippen LogP contribution < -0.4 is 15.4 Å². The predicted molar refractivity (Wildman–Crippen MR) is 154 cm³/mol. The lowest BCUT2D eigenvalue weighted by Gasteiger charge is -2.18. The Hall–Kier alpha value is -3.69. The Morgan fingerprint density at radius 3 is 2.15 bits per heavy atom. The number of aliphatic carboxylic acids is 1. The molecule has 0 aromatic heterocycles. The van der Waals surface area contributed by atoms with Crippen LogP contribution in [0.1, 0.15) is 42.5 Å². The van der Waals surface area contributed by atoms with E-state index in [1.807, 2.05) is 43.3 Å². The van der Waals surface area contributed by atoms with Crippen LogP contribution in [0.2, 0.25) is 0 Å². The van der Waals surface area contributed by atoms with Gasteiger partial charge in [0, 0.05) is 12.2 Å². The van der Waals surface area contributed by atoms with Crippen LogP contribution in [0, 0.1) is 26.7 Å². The van der Waals surface area contributed by atoms with Crippen molar-refractivity contribution in [2.75, 3.05) is 11.9 Å². The lowest BCUT2D eigenvalue weighted by molar-refractivity contribution is -0.138. The van der Waals surface area contributed by atoms with Crippen LogP contribution in [0.15, 0.2) is 65.6 Å². The van der Waals surface area contributed by atoms with Crippen molar-refractivity contribution >= 4 is 27.7 Å². The number of amides is 2. The molecule has 8 nitrogen and oxygen atoms in total. The van der Waals surface area contributed by atoms with E-state index >= 15 is 0 Å². The van der Waals surface area contributed by atoms with Gasteiger partial charge in [0.2, 0.25) is 10.0 Å². The first kappa shape index (κ1) is 29.9. The first-order valence-electron chi connectivity index (χ1n) is 13.0. The highest BCUT2D eigenvalue weighted by Gasteiger charge is 2.28. The Morgan fingerprint density at radius 1 is 0.923 bits per heavy atom. The van der Waals surface area contributed by atoms with Crippen LogP contribution in [0.3, 0.4) is 0 Å². The summed E-state index contributed by atoms with van der Waals surface area (Å²) in [6, 6.07) is 16.6. The summed E-state index contributed by atoms with van der Waals surface area (Å²) in [5.41, 5.74) is 5.15. The van der Waals surface area contributed by atoms with Crippen molar-refractivity contribution in [2.24, 2.45) is 5.92 Å². The van der Waals surface area contributed by atoms with Crippen molar-refractivity contribution in [3.8, 4) is 11.1 Å². The van der Waals surface area contributed by atoms with Gasteiger partial charge in [0.15, 0.2) is 0 Å². The van der Waals surface area contributed by atoms with Crippen molar-refractivity contribution in [3.63, 3.8) is 0 Å². The van der Waals surface area contributed by atoms with Crippen molar-refractivity contribution in [3.05, 3.63) is 82.9 Å². The van der Waals surface area contributed by atoms with Gasteiger partial charge in [0.05, 0.1) is 4.90 Å². The normalized spacial score (nSPS) is 12.9. The zero-order valence-electron chi connectivity index (χ0n) is 23.0. The van der Waals surface area contributed by atoms with Gasteiger partial charge in [-0.1, -0.05) is 74.4 Å². The van der Waals surface area contributed by atoms with Gasteiger partial charge >= 0.3 is 12.0 Å². The summed E-state index contributed by atoms with van der Waals surface area (Å²) in [6.07, 6.45) is 0.966. The molecule has 0 saturated carbocycles. The van der Waals surface area contributed by atoms with E-state index in [1.165, 1.54) is 0 Å². The molecule has 2 atom stereocenters. The standard InChI is InChI=1S/C30H37N3O5S/c1-6-19(2)18-31-30(36)32-26-9-7-8-25(17-26)24-12-10-23(11-13-24)16-27(29(34)35)33-39(37,38)28-21(4)14-20(3)15-22(28)5/h7-15,17,19,27,33H,6,16,18H2,1-5H3,(H,34,35)(H2,31,32,36)/t19?,27-/m1/s1. The summed E-state index contributed by atoms with van der Waals surface area (Å²) in [7, 11) is -4.05. The molecule has 0 radical (unpaired) electrons. The molecule has 208 valence electrons. The summed E-state index contributed by atoms with van der Waals surface area (Å²) >= 11 is 0. The van der Waals surface area contributed by atoms with E-state index in [0.717, 1.165) is 23.1 Å². The third-order valence-corrected chi connectivity index (χ3v) is 8.40. The lowest BCUT2D eigenvalue weighted by Crippen LogP contribution is -2.42. The van der Waals surface area contributed by atoms with Crippen LogP contribution in [-0.4, -0.2) is 38.1 Å². The molecule has 4 N–H and O–H groups in total. The molecule has 0 aliphatic rings. The van der Waals surface area contributed by atoms with Gasteiger partial charge in [-0.15, -0.1) is 0 Å². The molecule has 0 heterocycles. The van der Waals surface area contributed by atoms with E-state index in [2.05, 4.69) is 29.2 Å². The van der Waals surface area contributed by atoms with Crippen LogP contribution in [0.25, 0.3) is 11.1 Å². The Balaban J connectivity index is 1.72. The fourth-order valence-corrected chi connectivity index (χ4v) is 6.09. The predicted octanol–water partition coefficient (Wildman–Crippen LogP) is 5.42. The fraction of sp³-hybridized carbons (Fsp3) is 0.333. The number of urea groups is 1. The molecule has 9 heteroatoms. The first-order valence-corrected chi connectivity index (χ1v) is 14.4. The number of nitrogens with one attached hydrogen (secondary N) is 3. The molecule has 3 aromatic carbocycles. The smallest absolute Gasteiger partial charge is 0.322 e. The molecule has 1 unspecified atom stereocenters. The van der Waals surface area contributed by atoms with E-state index in [4.69, 9.17) is 0 Å². The van der Waals surface area contributed by atoms with Crippen molar-refractivity contribution in [1.29, 1.82) is 0 Å². The van der Waals surface area contributed by atoms with Gasteiger partial charge in [-0.2, -0.15) is 4.72 Å². The molecule has 0 aliphatic heterocycles. The minimum absolute atomic E-state index is 0.0171. The molecule has 0 spiro atoms. The van der Waals surface area contributed by atoms with Gasteiger partial charge in [0.1, 0.15) is 6.04 Å². The zero-order valence-corrected chi connectivity index (χ0v) is 23.9. The SMILES string of the molecule is CCC(C)CNC(=O)Nc1cccc(-c2ccc(C[C@@H](NS(=O)(=O)c3c(C)cc(C)cc3C)C(=O)O)cc2)c1. The van der Waals surface area contributed by atoms with E-state index < -0.39 is 22.0 Å². The van der Waals surface area contributed by atoms with Crippen LogP contribution in [0.4, 0.5) is 10.5 Å². The van der Waals surface area contributed by atoms with E-state index in [-0.39, 0.29) is 17.3 Å². The third kappa shape index (κ3) is 8.15. The molecular weight excluding hydrogens is 514 g/mol. The maximum Gasteiger partial charge on any atom is 0.322 e. The maximum absolute atomic E-state index is 13.1. The quantitative estimate of drug-likeness (QED) is 0.253. The number of carboxylic acids is 1. The zero-order chi connectivity index (χ0) is 28.7. The fourth-order valence-electron chi connectivity index (χ4n) is 4.45. The summed E-state index contributed by atoms with van der Waals surface area (Å²) in [4.78, 5) is 24.3.